The Hall–Kier alpha value is -3.44. The monoisotopic (exact) mass is 1090 g/mol. The normalized spacial score (nSPS) is 18.8. The second-order valence-corrected chi connectivity index (χ2v) is 23.8. The average molecular weight is 1090 g/mol. The lowest BCUT2D eigenvalue weighted by Crippen LogP contribution is -2.49. The van der Waals surface area contributed by atoms with Crippen LogP contribution in [-0.2, 0) is 49.9 Å². The van der Waals surface area contributed by atoms with Crippen molar-refractivity contribution in [2.24, 2.45) is 17.8 Å². The van der Waals surface area contributed by atoms with Gasteiger partial charge >= 0.3 is 0 Å². The Morgan fingerprint density at radius 2 is 0.962 bits per heavy atom. The van der Waals surface area contributed by atoms with Crippen molar-refractivity contribution in [3.8, 4) is 0 Å². The molecule has 4 aromatic rings. The van der Waals surface area contributed by atoms with E-state index in [-0.39, 0.29) is 30.3 Å². The third-order valence-corrected chi connectivity index (χ3v) is 17.2. The van der Waals surface area contributed by atoms with Crippen LogP contribution in [0.1, 0.15) is 243 Å². The SMILES string of the molecule is CCCCCCCCCCCCCC[C@@H](OCc1ccccc1)[C@@H](OCc1ccccc1)[C@H](COC1OC(COCc2ccccc2)C(C)C(C)C1C)n1cc(CCCCCCN(CCCCCCC)CCCCCCC)nn1. The molecule has 0 aliphatic carbocycles. The van der Waals surface area contributed by atoms with Gasteiger partial charge in [0.2, 0.25) is 0 Å². The van der Waals surface area contributed by atoms with Crippen molar-refractivity contribution < 1.29 is 23.7 Å². The lowest BCUT2D eigenvalue weighted by Gasteiger charge is -2.44. The van der Waals surface area contributed by atoms with E-state index < -0.39 is 6.29 Å². The molecule has 8 atom stereocenters. The summed E-state index contributed by atoms with van der Waals surface area (Å²) in [5, 5.41) is 9.86. The zero-order valence-electron chi connectivity index (χ0n) is 51.1. The molecule has 1 fully saturated rings. The molecule has 1 aliphatic rings. The first-order chi connectivity index (χ1) is 38.9. The van der Waals surface area contributed by atoms with Crippen LogP contribution in [0.4, 0.5) is 0 Å². The second-order valence-electron chi connectivity index (χ2n) is 23.8. The fraction of sp³-hybridized carbons (Fsp3) is 0.714. The standard InChI is InChI=1S/C70H114N4O5/c1-7-10-13-16-17-18-19-20-21-22-23-38-49-67(76-55-63-44-33-29-34-45-63)69(77-56-64-46-35-30-36-47-64)66(57-78-70-61(6)59(4)60(5)68(79-70)58-75-54-62-42-31-28-32-43-62)74-53-65(71-72-74)48-37-24-27-41-52-73(50-39-25-14-11-8-2)51-40-26-15-12-9-3/h28-36,42-47,53,59-61,66-70H,7-27,37-41,48-52,54-58H2,1-6H3/t59?,60?,61?,66-,67+,68?,69-,70?/m0/s1. The van der Waals surface area contributed by atoms with Crippen molar-refractivity contribution in [2.45, 2.75) is 272 Å². The third kappa shape index (κ3) is 27.5. The van der Waals surface area contributed by atoms with E-state index in [1.165, 1.54) is 179 Å². The summed E-state index contributed by atoms with van der Waals surface area (Å²) in [6.07, 6.45) is 36.8. The Labute approximate surface area is 483 Å². The fourth-order valence-electron chi connectivity index (χ4n) is 11.6. The quantitative estimate of drug-likeness (QED) is 0.0405. The summed E-state index contributed by atoms with van der Waals surface area (Å²) in [6.45, 7) is 19.9. The van der Waals surface area contributed by atoms with Gasteiger partial charge in [0.05, 0.1) is 50.9 Å². The summed E-state index contributed by atoms with van der Waals surface area (Å²) in [7, 11) is 0. The molecule has 444 valence electrons. The summed E-state index contributed by atoms with van der Waals surface area (Å²) in [5.41, 5.74) is 4.48. The molecule has 5 unspecified atom stereocenters. The smallest absolute Gasteiger partial charge is 0.160 e. The lowest BCUT2D eigenvalue weighted by molar-refractivity contribution is -0.264. The molecular formula is C70H114N4O5. The van der Waals surface area contributed by atoms with Gasteiger partial charge in [0.1, 0.15) is 12.1 Å². The first-order valence-corrected chi connectivity index (χ1v) is 32.7. The topological polar surface area (TPSA) is 80.1 Å². The number of hydrogen-bond donors (Lipinski definition) is 0. The van der Waals surface area contributed by atoms with Crippen molar-refractivity contribution in [1.29, 1.82) is 0 Å². The molecule has 3 aromatic carbocycles. The Balaban J connectivity index is 1.32. The Bertz CT molecular complexity index is 1990. The molecule has 2 heterocycles. The van der Waals surface area contributed by atoms with E-state index in [0.717, 1.165) is 42.5 Å². The number of benzene rings is 3. The van der Waals surface area contributed by atoms with Gasteiger partial charge in [0.15, 0.2) is 6.29 Å². The second kappa shape index (κ2) is 42.4. The summed E-state index contributed by atoms with van der Waals surface area (Å²) in [6, 6.07) is 31.3. The lowest BCUT2D eigenvalue weighted by atomic mass is 9.79. The van der Waals surface area contributed by atoms with E-state index in [4.69, 9.17) is 34.0 Å². The van der Waals surface area contributed by atoms with Crippen molar-refractivity contribution in [2.75, 3.05) is 32.8 Å². The van der Waals surface area contributed by atoms with Crippen LogP contribution in [0, 0.1) is 17.8 Å². The van der Waals surface area contributed by atoms with Gasteiger partial charge in [-0.1, -0.05) is 279 Å². The minimum absolute atomic E-state index is 0.0941. The molecule has 1 aliphatic heterocycles. The van der Waals surface area contributed by atoms with E-state index >= 15 is 0 Å². The van der Waals surface area contributed by atoms with Crippen LogP contribution in [0.5, 0.6) is 0 Å². The first-order valence-electron chi connectivity index (χ1n) is 32.7. The molecule has 0 radical (unpaired) electrons. The first kappa shape index (κ1) is 66.4. The van der Waals surface area contributed by atoms with E-state index in [9.17, 15) is 0 Å². The molecule has 0 N–H and O–H groups in total. The number of hydrogen-bond acceptors (Lipinski definition) is 8. The highest BCUT2D eigenvalue weighted by molar-refractivity contribution is 5.15. The van der Waals surface area contributed by atoms with Gasteiger partial charge in [-0.25, -0.2) is 4.68 Å². The van der Waals surface area contributed by atoms with Gasteiger partial charge in [-0.3, -0.25) is 0 Å². The van der Waals surface area contributed by atoms with Crippen molar-refractivity contribution >= 4 is 0 Å². The highest BCUT2D eigenvalue weighted by Gasteiger charge is 2.41. The van der Waals surface area contributed by atoms with Crippen LogP contribution in [0.2, 0.25) is 0 Å². The molecular weight excluding hydrogens is 977 g/mol. The third-order valence-electron chi connectivity index (χ3n) is 17.2. The van der Waals surface area contributed by atoms with Crippen LogP contribution in [-0.4, -0.2) is 77.3 Å². The summed E-state index contributed by atoms with van der Waals surface area (Å²) in [5.74, 6) is 0.852. The van der Waals surface area contributed by atoms with Crippen LogP contribution < -0.4 is 0 Å². The molecule has 79 heavy (non-hydrogen) atoms. The number of unbranched alkanes of at least 4 members (excludes halogenated alkanes) is 22. The van der Waals surface area contributed by atoms with Gasteiger partial charge in [-0.2, -0.15) is 0 Å². The molecule has 0 amide bonds. The number of aromatic nitrogens is 3. The van der Waals surface area contributed by atoms with Gasteiger partial charge in [-0.15, -0.1) is 5.10 Å². The van der Waals surface area contributed by atoms with Gasteiger partial charge in [-0.05, 0) is 86.7 Å². The highest BCUT2D eigenvalue weighted by atomic mass is 16.7. The maximum absolute atomic E-state index is 7.25. The van der Waals surface area contributed by atoms with Gasteiger partial charge < -0.3 is 28.6 Å². The Morgan fingerprint density at radius 1 is 0.506 bits per heavy atom. The van der Waals surface area contributed by atoms with Gasteiger partial charge in [0.25, 0.3) is 0 Å². The van der Waals surface area contributed by atoms with Crippen LogP contribution >= 0.6 is 0 Å². The molecule has 0 bridgehead atoms. The predicted octanol–water partition coefficient (Wildman–Crippen LogP) is 18.3. The number of aryl methyl sites for hydroxylation is 1. The van der Waals surface area contributed by atoms with Gasteiger partial charge in [0, 0.05) is 12.1 Å². The highest BCUT2D eigenvalue weighted by Crippen LogP contribution is 2.37. The van der Waals surface area contributed by atoms with Crippen LogP contribution in [0.25, 0.3) is 0 Å². The maximum atomic E-state index is 7.25. The van der Waals surface area contributed by atoms with Crippen molar-refractivity contribution in [3.63, 3.8) is 0 Å². The molecule has 0 spiro atoms. The average Bonchev–Trinajstić information content (AvgIpc) is 3.95. The fourth-order valence-corrected chi connectivity index (χ4v) is 11.6. The van der Waals surface area contributed by atoms with E-state index in [0.29, 0.717) is 44.9 Å². The molecule has 9 nitrogen and oxygen atoms in total. The molecule has 5 rings (SSSR count). The van der Waals surface area contributed by atoms with E-state index in [1.807, 2.05) is 6.07 Å². The summed E-state index contributed by atoms with van der Waals surface area (Å²) >= 11 is 0. The molecule has 1 saturated heterocycles. The zero-order chi connectivity index (χ0) is 55.8. The number of ether oxygens (including phenoxy) is 5. The van der Waals surface area contributed by atoms with Crippen LogP contribution in [0.15, 0.2) is 97.2 Å². The molecule has 0 saturated carbocycles. The molecule has 1 aromatic heterocycles. The Morgan fingerprint density at radius 3 is 1.48 bits per heavy atom. The minimum atomic E-state index is -0.421. The molecule has 9 heteroatoms. The maximum Gasteiger partial charge on any atom is 0.160 e. The van der Waals surface area contributed by atoms with Crippen LogP contribution in [0.3, 0.4) is 0 Å². The predicted molar refractivity (Wildman–Crippen MR) is 329 cm³/mol. The van der Waals surface area contributed by atoms with Crippen molar-refractivity contribution in [3.05, 3.63) is 120 Å². The Kier molecular flexibility index (Phi) is 35.6. The van der Waals surface area contributed by atoms with E-state index in [2.05, 4.69) is 142 Å². The largest absolute Gasteiger partial charge is 0.374 e. The number of nitrogens with zero attached hydrogens (tertiary/aromatic N) is 4. The van der Waals surface area contributed by atoms with E-state index in [1.54, 1.807) is 0 Å². The zero-order valence-corrected chi connectivity index (χ0v) is 51.1. The minimum Gasteiger partial charge on any atom is -0.374 e. The summed E-state index contributed by atoms with van der Waals surface area (Å²) in [4.78, 5) is 2.77. The van der Waals surface area contributed by atoms with Crippen molar-refractivity contribution in [1.82, 2.24) is 19.9 Å². The number of rotatable bonds is 48. The summed E-state index contributed by atoms with van der Waals surface area (Å²) < 4.78 is 36.8.